The number of ether oxygens (including phenoxy) is 1. The molecule has 0 fully saturated rings. The third kappa shape index (κ3) is 8.87. The summed E-state index contributed by atoms with van der Waals surface area (Å²) < 4.78 is 60.5. The van der Waals surface area contributed by atoms with Crippen molar-refractivity contribution in [2.45, 2.75) is 63.7 Å². The van der Waals surface area contributed by atoms with Crippen LogP contribution in [0.1, 0.15) is 40.2 Å². The van der Waals surface area contributed by atoms with Gasteiger partial charge in [-0.3, -0.25) is 0 Å². The van der Waals surface area contributed by atoms with Crippen LogP contribution in [0.5, 0.6) is 0 Å². The van der Waals surface area contributed by atoms with Gasteiger partial charge in [-0.15, -0.1) is 0 Å². The number of carbonyl (C=O) groups is 1. The minimum Gasteiger partial charge on any atom is -0.444 e. The molecule has 0 heterocycles. The smallest absolute Gasteiger partial charge is 0.407 e. The molecule has 194 valence electrons. The van der Waals surface area contributed by atoms with E-state index in [1.807, 2.05) is 18.2 Å². The van der Waals surface area contributed by atoms with Crippen molar-refractivity contribution in [2.24, 2.45) is 5.92 Å². The fraction of sp³-hybridized carbons (Fsp3) is 0.480. The molecule has 0 saturated heterocycles. The van der Waals surface area contributed by atoms with Gasteiger partial charge in [-0.2, -0.15) is 4.31 Å². The summed E-state index contributed by atoms with van der Waals surface area (Å²) in [7, 11) is -4.41. The molecule has 0 aliphatic heterocycles. The number of benzene rings is 2. The van der Waals surface area contributed by atoms with Gasteiger partial charge in [0.2, 0.25) is 10.0 Å². The average Bonchev–Trinajstić information content (AvgIpc) is 2.71. The van der Waals surface area contributed by atoms with E-state index in [1.54, 1.807) is 46.8 Å². The summed E-state index contributed by atoms with van der Waals surface area (Å²) >= 11 is 0. The van der Waals surface area contributed by atoms with E-state index in [4.69, 9.17) is 4.74 Å². The highest BCUT2D eigenvalue weighted by atomic mass is 32.2. The molecule has 2 N–H and O–H groups in total. The lowest BCUT2D eigenvalue weighted by molar-refractivity contribution is 0.0400. The number of nitrogens with one attached hydrogen (secondary N) is 1. The third-order valence-electron chi connectivity index (χ3n) is 4.94. The standard InChI is InChI=1S/C25H34F2N2O5S/c1-17(2)15-29(35(32,33)23-12-11-19(26)14-20(23)27)16-22(30)21(13-18-9-7-6-8-10-18)28-24(31)34-25(3,4)5/h6-12,14,17,21-22,30H,13,15-16H2,1-5H3,(H,28,31)/t21-,22+/m0/s1. The Labute approximate surface area is 206 Å². The van der Waals surface area contributed by atoms with Crippen LogP contribution >= 0.6 is 0 Å². The van der Waals surface area contributed by atoms with Crippen LogP contribution in [-0.2, 0) is 21.2 Å². The van der Waals surface area contributed by atoms with Crippen molar-refractivity contribution in [3.05, 3.63) is 65.7 Å². The number of aliphatic hydroxyl groups excluding tert-OH is 1. The predicted molar refractivity (Wildman–Crippen MR) is 129 cm³/mol. The Balaban J connectivity index is 2.35. The molecule has 35 heavy (non-hydrogen) atoms. The van der Waals surface area contributed by atoms with Crippen LogP contribution in [0.4, 0.5) is 13.6 Å². The number of carbonyl (C=O) groups excluding carboxylic acids is 1. The molecule has 0 aromatic heterocycles. The molecule has 7 nitrogen and oxygen atoms in total. The monoisotopic (exact) mass is 512 g/mol. The van der Waals surface area contributed by atoms with Crippen LogP contribution < -0.4 is 5.32 Å². The van der Waals surface area contributed by atoms with Crippen molar-refractivity contribution >= 4 is 16.1 Å². The molecule has 2 aromatic rings. The van der Waals surface area contributed by atoms with Gasteiger partial charge in [-0.25, -0.2) is 22.0 Å². The van der Waals surface area contributed by atoms with Gasteiger partial charge in [0.05, 0.1) is 12.1 Å². The minimum absolute atomic E-state index is 0.0271. The molecule has 2 atom stereocenters. The lowest BCUT2D eigenvalue weighted by Crippen LogP contribution is -2.52. The second kappa shape index (κ2) is 11.9. The molecule has 0 bridgehead atoms. The lowest BCUT2D eigenvalue weighted by Gasteiger charge is -2.31. The van der Waals surface area contributed by atoms with E-state index in [9.17, 15) is 27.1 Å². The van der Waals surface area contributed by atoms with Crippen LogP contribution in [0, 0.1) is 17.6 Å². The molecule has 0 aliphatic carbocycles. The first-order valence-corrected chi connectivity index (χ1v) is 12.8. The van der Waals surface area contributed by atoms with Gasteiger partial charge in [-0.1, -0.05) is 44.2 Å². The molecular formula is C25H34F2N2O5S. The molecular weight excluding hydrogens is 478 g/mol. The molecule has 0 unspecified atom stereocenters. The van der Waals surface area contributed by atoms with Gasteiger partial charge >= 0.3 is 6.09 Å². The molecule has 2 aromatic carbocycles. The summed E-state index contributed by atoms with van der Waals surface area (Å²) in [5.74, 6) is -2.28. The number of amides is 1. The van der Waals surface area contributed by atoms with Crippen LogP contribution in [0.15, 0.2) is 53.4 Å². The Morgan fingerprint density at radius 2 is 1.71 bits per heavy atom. The van der Waals surface area contributed by atoms with Crippen LogP contribution in [-0.4, -0.2) is 54.8 Å². The number of rotatable bonds is 10. The fourth-order valence-electron chi connectivity index (χ4n) is 3.45. The lowest BCUT2D eigenvalue weighted by atomic mass is 10.0. The Kier molecular flexibility index (Phi) is 9.76. The van der Waals surface area contributed by atoms with Gasteiger partial charge in [0.1, 0.15) is 22.1 Å². The van der Waals surface area contributed by atoms with Crippen molar-refractivity contribution < 1.29 is 31.8 Å². The van der Waals surface area contributed by atoms with E-state index in [2.05, 4.69) is 5.32 Å². The summed E-state index contributed by atoms with van der Waals surface area (Å²) in [6.07, 6.45) is -1.93. The Bertz CT molecular complexity index is 1090. The molecule has 1 amide bonds. The zero-order chi connectivity index (χ0) is 26.4. The topological polar surface area (TPSA) is 95.9 Å². The van der Waals surface area contributed by atoms with Gasteiger partial charge in [0, 0.05) is 19.2 Å². The van der Waals surface area contributed by atoms with Crippen molar-refractivity contribution in [3.63, 3.8) is 0 Å². The van der Waals surface area contributed by atoms with Gasteiger partial charge in [0.25, 0.3) is 0 Å². The number of halogens is 2. The highest BCUT2D eigenvalue weighted by molar-refractivity contribution is 7.89. The zero-order valence-electron chi connectivity index (χ0n) is 20.7. The first-order valence-electron chi connectivity index (χ1n) is 11.4. The Morgan fingerprint density at radius 3 is 2.26 bits per heavy atom. The summed E-state index contributed by atoms with van der Waals surface area (Å²) in [5, 5.41) is 13.7. The van der Waals surface area contributed by atoms with E-state index in [1.165, 1.54) is 0 Å². The van der Waals surface area contributed by atoms with Gasteiger partial charge in [0.15, 0.2) is 0 Å². The predicted octanol–water partition coefficient (Wildman–Crippen LogP) is 4.11. The number of aliphatic hydroxyl groups is 1. The second-order valence-electron chi connectivity index (χ2n) is 9.80. The largest absolute Gasteiger partial charge is 0.444 e. The van der Waals surface area contributed by atoms with Gasteiger partial charge in [-0.05, 0) is 50.8 Å². The quantitative estimate of drug-likeness (QED) is 0.500. The molecule has 10 heteroatoms. The Morgan fingerprint density at radius 1 is 1.09 bits per heavy atom. The highest BCUT2D eigenvalue weighted by Crippen LogP contribution is 2.22. The number of hydrogen-bond acceptors (Lipinski definition) is 5. The van der Waals surface area contributed by atoms with Crippen molar-refractivity contribution in [3.8, 4) is 0 Å². The van der Waals surface area contributed by atoms with E-state index >= 15 is 0 Å². The van der Waals surface area contributed by atoms with Gasteiger partial charge < -0.3 is 15.2 Å². The molecule has 0 aliphatic rings. The Hall–Kier alpha value is -2.56. The highest BCUT2D eigenvalue weighted by Gasteiger charge is 2.33. The molecule has 2 rings (SSSR count). The normalized spacial score (nSPS) is 14.1. The van der Waals surface area contributed by atoms with Crippen molar-refractivity contribution in [2.75, 3.05) is 13.1 Å². The number of alkyl carbamates (subject to hydrolysis) is 1. The maximum atomic E-state index is 14.4. The number of nitrogens with zero attached hydrogens (tertiary/aromatic N) is 1. The van der Waals surface area contributed by atoms with E-state index < -0.39 is 56.9 Å². The van der Waals surface area contributed by atoms with Crippen LogP contribution in [0.2, 0.25) is 0 Å². The first-order chi connectivity index (χ1) is 16.2. The van der Waals surface area contributed by atoms with Crippen molar-refractivity contribution in [1.82, 2.24) is 9.62 Å². The maximum Gasteiger partial charge on any atom is 0.407 e. The van der Waals surface area contributed by atoms with E-state index in [0.717, 1.165) is 22.0 Å². The fourth-order valence-corrected chi connectivity index (χ4v) is 5.11. The summed E-state index contributed by atoms with van der Waals surface area (Å²) in [6.45, 7) is 8.19. The SMILES string of the molecule is CC(C)CN(C[C@@H](O)[C@H](Cc1ccccc1)NC(=O)OC(C)(C)C)S(=O)(=O)c1ccc(F)cc1F. The summed E-state index contributed by atoms with van der Waals surface area (Å²) in [4.78, 5) is 11.8. The number of hydrogen-bond donors (Lipinski definition) is 2. The molecule has 0 radical (unpaired) electrons. The minimum atomic E-state index is -4.41. The summed E-state index contributed by atoms with van der Waals surface area (Å²) in [5.41, 5.74) is 0.0230. The third-order valence-corrected chi connectivity index (χ3v) is 6.80. The number of sulfonamides is 1. The van der Waals surface area contributed by atoms with Crippen LogP contribution in [0.25, 0.3) is 0 Å². The molecule has 0 spiro atoms. The average molecular weight is 513 g/mol. The molecule has 0 saturated carbocycles. The van der Waals surface area contributed by atoms with Crippen LogP contribution in [0.3, 0.4) is 0 Å². The van der Waals surface area contributed by atoms with E-state index in [-0.39, 0.29) is 18.9 Å². The summed E-state index contributed by atoms with van der Waals surface area (Å²) in [6, 6.07) is 10.4. The first kappa shape index (κ1) is 28.7. The van der Waals surface area contributed by atoms with E-state index in [0.29, 0.717) is 6.07 Å². The second-order valence-corrected chi connectivity index (χ2v) is 11.7. The zero-order valence-corrected chi connectivity index (χ0v) is 21.5. The van der Waals surface area contributed by atoms with Crippen molar-refractivity contribution in [1.29, 1.82) is 0 Å². The maximum absolute atomic E-state index is 14.4.